The predicted molar refractivity (Wildman–Crippen MR) is 99.4 cm³/mol. The van der Waals surface area contributed by atoms with E-state index in [1.165, 1.54) is 30.3 Å². The number of carbonyl (C=O) groups is 3. The molecule has 0 unspecified atom stereocenters. The van der Waals surface area contributed by atoms with Crippen molar-refractivity contribution in [2.75, 3.05) is 6.61 Å². The highest BCUT2D eigenvalue weighted by Crippen LogP contribution is 2.35. The van der Waals surface area contributed by atoms with Crippen LogP contribution in [-0.2, 0) is 4.74 Å². The van der Waals surface area contributed by atoms with Crippen molar-refractivity contribution in [3.05, 3.63) is 69.8 Å². The summed E-state index contributed by atoms with van der Waals surface area (Å²) in [7, 11) is 0. The van der Waals surface area contributed by atoms with Gasteiger partial charge < -0.3 is 30.3 Å². The third-order valence-electron chi connectivity index (χ3n) is 5.51. The first-order valence-corrected chi connectivity index (χ1v) is 9.15. The first kappa shape index (κ1) is 20.3. The second-order valence-corrected chi connectivity index (χ2v) is 7.28. The maximum absolute atomic E-state index is 13.0. The smallest absolute Gasteiger partial charge is 0.335 e. The molecular formula is C21H18O9. The van der Waals surface area contributed by atoms with Crippen LogP contribution in [0.5, 0.6) is 0 Å². The number of benzene rings is 2. The van der Waals surface area contributed by atoms with E-state index in [9.17, 15) is 34.8 Å². The van der Waals surface area contributed by atoms with Gasteiger partial charge in [0, 0.05) is 22.3 Å². The standard InChI is InChI=1S/C21H18O9/c22-7-14-17(25)18(26)19(27)20(30-14)8-1-3-10-12(5-8)16(24)13-6-9(21(28)29)2-4-11(13)15(10)23/h1-6,14,17-20,22,25-27H,7H2,(H,28,29)/t14-,17-,18+,19-,20-/m1/s1. The van der Waals surface area contributed by atoms with Gasteiger partial charge in [0.05, 0.1) is 12.2 Å². The van der Waals surface area contributed by atoms with Gasteiger partial charge in [0.1, 0.15) is 30.5 Å². The van der Waals surface area contributed by atoms with Gasteiger partial charge in [0.15, 0.2) is 11.6 Å². The zero-order chi connectivity index (χ0) is 21.7. The highest BCUT2D eigenvalue weighted by atomic mass is 16.5. The second-order valence-electron chi connectivity index (χ2n) is 7.28. The molecule has 0 radical (unpaired) electrons. The molecule has 4 rings (SSSR count). The summed E-state index contributed by atoms with van der Waals surface area (Å²) in [5, 5.41) is 48.8. The Hall–Kier alpha value is -2.95. The van der Waals surface area contributed by atoms with Crippen molar-refractivity contribution in [1.29, 1.82) is 0 Å². The summed E-state index contributed by atoms with van der Waals surface area (Å²) < 4.78 is 5.51. The molecule has 0 spiro atoms. The first-order valence-electron chi connectivity index (χ1n) is 9.15. The molecule has 2 aromatic carbocycles. The first-order chi connectivity index (χ1) is 14.2. The Kier molecular flexibility index (Phi) is 5.00. The number of ether oxygens (including phenoxy) is 1. The van der Waals surface area contributed by atoms with Crippen LogP contribution < -0.4 is 0 Å². The zero-order valence-corrected chi connectivity index (χ0v) is 15.4. The minimum Gasteiger partial charge on any atom is -0.478 e. The monoisotopic (exact) mass is 414 g/mol. The van der Waals surface area contributed by atoms with Gasteiger partial charge in [-0.05, 0) is 35.9 Å². The van der Waals surface area contributed by atoms with E-state index in [-0.39, 0.29) is 33.4 Å². The van der Waals surface area contributed by atoms with Crippen molar-refractivity contribution in [1.82, 2.24) is 0 Å². The van der Waals surface area contributed by atoms with E-state index in [0.29, 0.717) is 0 Å². The number of fused-ring (bicyclic) bond motifs is 2. The van der Waals surface area contributed by atoms with Crippen LogP contribution >= 0.6 is 0 Å². The minimum absolute atomic E-state index is 0.00417. The predicted octanol–water partition coefficient (Wildman–Crippen LogP) is -0.325. The molecule has 1 aliphatic heterocycles. The largest absolute Gasteiger partial charge is 0.478 e. The Morgan fingerprint density at radius 1 is 0.833 bits per heavy atom. The fraction of sp³-hybridized carbons (Fsp3) is 0.286. The summed E-state index contributed by atoms with van der Waals surface area (Å²) in [4.78, 5) is 37.0. The molecule has 1 fully saturated rings. The van der Waals surface area contributed by atoms with Gasteiger partial charge in [-0.2, -0.15) is 0 Å². The lowest BCUT2D eigenvalue weighted by Gasteiger charge is -2.40. The SMILES string of the molecule is O=C(O)c1ccc2c(c1)C(=O)c1cc([C@H]3O[C@H](CO)[C@@H](O)[C@H](O)[C@H]3O)ccc1C2=O. The van der Waals surface area contributed by atoms with Crippen LogP contribution in [0.15, 0.2) is 36.4 Å². The zero-order valence-electron chi connectivity index (χ0n) is 15.4. The van der Waals surface area contributed by atoms with Crippen LogP contribution in [0.3, 0.4) is 0 Å². The maximum Gasteiger partial charge on any atom is 0.335 e. The van der Waals surface area contributed by atoms with Crippen molar-refractivity contribution in [3.8, 4) is 0 Å². The van der Waals surface area contributed by atoms with E-state index >= 15 is 0 Å². The average molecular weight is 414 g/mol. The lowest BCUT2D eigenvalue weighted by atomic mass is 9.81. The molecule has 0 amide bonds. The number of hydrogen-bond acceptors (Lipinski definition) is 8. The Bertz CT molecular complexity index is 1060. The molecular weight excluding hydrogens is 396 g/mol. The van der Waals surface area contributed by atoms with Crippen LogP contribution in [0.25, 0.3) is 0 Å². The molecule has 0 aromatic heterocycles. The van der Waals surface area contributed by atoms with Crippen LogP contribution in [0.4, 0.5) is 0 Å². The van der Waals surface area contributed by atoms with E-state index in [2.05, 4.69) is 0 Å². The lowest BCUT2D eigenvalue weighted by Crippen LogP contribution is -2.55. The number of aliphatic hydroxyl groups is 4. The molecule has 30 heavy (non-hydrogen) atoms. The van der Waals surface area contributed by atoms with Gasteiger partial charge in [0.25, 0.3) is 0 Å². The molecule has 156 valence electrons. The number of carboxylic acid groups (broad SMARTS) is 1. The van der Waals surface area contributed by atoms with Gasteiger partial charge in [-0.25, -0.2) is 4.79 Å². The highest BCUT2D eigenvalue weighted by Gasteiger charge is 2.44. The third-order valence-corrected chi connectivity index (χ3v) is 5.51. The fourth-order valence-corrected chi connectivity index (χ4v) is 3.86. The summed E-state index contributed by atoms with van der Waals surface area (Å²) in [6, 6.07) is 7.86. The number of carboxylic acids is 1. The van der Waals surface area contributed by atoms with Crippen LogP contribution in [0.2, 0.25) is 0 Å². The number of hydrogen-bond donors (Lipinski definition) is 5. The third kappa shape index (κ3) is 3.04. The van der Waals surface area contributed by atoms with E-state index in [0.717, 1.165) is 6.07 Å². The molecule has 0 saturated carbocycles. The second kappa shape index (κ2) is 7.38. The summed E-state index contributed by atoms with van der Waals surface area (Å²) >= 11 is 0. The van der Waals surface area contributed by atoms with Gasteiger partial charge >= 0.3 is 5.97 Å². The van der Waals surface area contributed by atoms with Crippen molar-refractivity contribution >= 4 is 17.5 Å². The molecule has 9 nitrogen and oxygen atoms in total. The average Bonchev–Trinajstić information content (AvgIpc) is 2.75. The number of carbonyl (C=O) groups excluding carboxylic acids is 2. The molecule has 0 bridgehead atoms. The van der Waals surface area contributed by atoms with Crippen molar-refractivity contribution in [3.63, 3.8) is 0 Å². The summed E-state index contributed by atoms with van der Waals surface area (Å²) in [6.45, 7) is -0.602. The molecule has 5 atom stereocenters. The summed E-state index contributed by atoms with van der Waals surface area (Å²) in [6.07, 6.45) is -6.95. The molecule has 2 aromatic rings. The maximum atomic E-state index is 13.0. The van der Waals surface area contributed by atoms with E-state index in [4.69, 9.17) is 9.84 Å². The molecule has 1 heterocycles. The normalized spacial score (nSPS) is 28.1. The molecule has 9 heteroatoms. The van der Waals surface area contributed by atoms with Crippen molar-refractivity contribution < 1.29 is 44.7 Å². The lowest BCUT2D eigenvalue weighted by molar-refractivity contribution is -0.231. The Morgan fingerprint density at radius 2 is 1.43 bits per heavy atom. The molecule has 1 saturated heterocycles. The molecule has 5 N–H and O–H groups in total. The number of aliphatic hydroxyl groups excluding tert-OH is 4. The van der Waals surface area contributed by atoms with E-state index < -0.39 is 54.7 Å². The number of aromatic carboxylic acids is 1. The van der Waals surface area contributed by atoms with Gasteiger partial charge in [-0.3, -0.25) is 9.59 Å². The fourth-order valence-electron chi connectivity index (χ4n) is 3.86. The topological polar surface area (TPSA) is 162 Å². The van der Waals surface area contributed by atoms with Gasteiger partial charge in [-0.1, -0.05) is 6.07 Å². The van der Waals surface area contributed by atoms with Crippen LogP contribution in [0.1, 0.15) is 53.9 Å². The summed E-state index contributed by atoms with van der Waals surface area (Å²) in [5.74, 6) is -2.25. The van der Waals surface area contributed by atoms with Crippen molar-refractivity contribution in [2.24, 2.45) is 0 Å². The Morgan fingerprint density at radius 3 is 2.07 bits per heavy atom. The van der Waals surface area contributed by atoms with Crippen LogP contribution in [-0.4, -0.2) is 74.1 Å². The number of rotatable bonds is 3. The van der Waals surface area contributed by atoms with E-state index in [1.807, 2.05) is 0 Å². The van der Waals surface area contributed by atoms with Crippen LogP contribution in [0, 0.1) is 0 Å². The van der Waals surface area contributed by atoms with Crippen molar-refractivity contribution in [2.45, 2.75) is 30.5 Å². The van der Waals surface area contributed by atoms with E-state index in [1.54, 1.807) is 0 Å². The molecule has 2 aliphatic rings. The van der Waals surface area contributed by atoms with Gasteiger partial charge in [0.2, 0.25) is 0 Å². The summed E-state index contributed by atoms with van der Waals surface area (Å²) in [5.41, 5.74) is 0.290. The number of ketones is 2. The highest BCUT2D eigenvalue weighted by molar-refractivity contribution is 6.28. The molecule has 1 aliphatic carbocycles. The quantitative estimate of drug-likeness (QED) is 0.386. The van der Waals surface area contributed by atoms with Gasteiger partial charge in [-0.15, -0.1) is 0 Å². The Balaban J connectivity index is 1.76. The Labute approximate surface area is 169 Å². The minimum atomic E-state index is -1.59.